The van der Waals surface area contributed by atoms with Crippen LogP contribution in [0.2, 0.25) is 5.02 Å². The van der Waals surface area contributed by atoms with E-state index in [0.29, 0.717) is 32.1 Å². The Kier molecular flexibility index (Phi) is 5.74. The van der Waals surface area contributed by atoms with E-state index in [4.69, 9.17) is 16.3 Å². The molecule has 1 aromatic heterocycles. The van der Waals surface area contributed by atoms with Gasteiger partial charge in [-0.1, -0.05) is 17.7 Å². The zero-order valence-corrected chi connectivity index (χ0v) is 17.1. The van der Waals surface area contributed by atoms with E-state index >= 15 is 0 Å². The Labute approximate surface area is 173 Å². The normalized spacial score (nSPS) is 19.6. The molecule has 1 aromatic carbocycles. The number of carbonyl (C=O) groups is 1. The molecule has 29 heavy (non-hydrogen) atoms. The Morgan fingerprint density at radius 2 is 2.14 bits per heavy atom. The van der Waals surface area contributed by atoms with Crippen LogP contribution in [-0.4, -0.2) is 52.0 Å². The maximum absolute atomic E-state index is 14.2. The second-order valence-corrected chi connectivity index (χ2v) is 8.05. The van der Waals surface area contributed by atoms with Crippen LogP contribution in [0.4, 0.5) is 4.39 Å². The molecule has 9 heteroatoms. The average Bonchev–Trinajstić information content (AvgIpc) is 3.49. The first-order valence-electron chi connectivity index (χ1n) is 9.92. The summed E-state index contributed by atoms with van der Waals surface area (Å²) in [7, 11) is 1.59. The van der Waals surface area contributed by atoms with E-state index in [1.165, 1.54) is 22.9 Å². The fourth-order valence-corrected chi connectivity index (χ4v) is 4.19. The third-order valence-corrected chi connectivity index (χ3v) is 5.88. The maximum atomic E-state index is 14.2. The topological polar surface area (TPSA) is 69.4 Å². The fourth-order valence-electron chi connectivity index (χ4n) is 3.95. The van der Waals surface area contributed by atoms with Crippen LogP contribution in [0.15, 0.2) is 23.0 Å². The molecule has 2 aliphatic rings. The van der Waals surface area contributed by atoms with Gasteiger partial charge in [0.1, 0.15) is 11.6 Å². The number of aromatic nitrogens is 3. The van der Waals surface area contributed by atoms with Crippen molar-refractivity contribution in [2.45, 2.75) is 44.2 Å². The zero-order valence-electron chi connectivity index (χ0n) is 16.3. The van der Waals surface area contributed by atoms with Crippen molar-refractivity contribution in [1.29, 1.82) is 0 Å². The van der Waals surface area contributed by atoms with E-state index in [1.807, 2.05) is 0 Å². The van der Waals surface area contributed by atoms with Crippen LogP contribution in [0.3, 0.4) is 0 Å². The molecule has 7 nitrogen and oxygen atoms in total. The second kappa shape index (κ2) is 8.28. The SMILES string of the molecule is COCCn1nc(C2CCCN(C(=O)c3c(F)cccc3Cl)C2)n(C2CC2)c1=O. The van der Waals surface area contributed by atoms with Crippen LogP contribution in [0.5, 0.6) is 0 Å². The summed E-state index contributed by atoms with van der Waals surface area (Å²) in [6, 6.07) is 4.42. The van der Waals surface area contributed by atoms with Crippen LogP contribution in [0.1, 0.15) is 53.8 Å². The van der Waals surface area contributed by atoms with Crippen molar-refractivity contribution in [3.8, 4) is 0 Å². The number of methoxy groups -OCH3 is 1. The molecule has 0 bridgehead atoms. The average molecular weight is 423 g/mol. The molecule has 1 aliphatic carbocycles. The van der Waals surface area contributed by atoms with E-state index in [1.54, 1.807) is 16.6 Å². The van der Waals surface area contributed by atoms with Crippen LogP contribution in [-0.2, 0) is 11.3 Å². The predicted octanol–water partition coefficient (Wildman–Crippen LogP) is 2.84. The number of carbonyl (C=O) groups excluding carboxylic acids is 1. The molecule has 156 valence electrons. The van der Waals surface area contributed by atoms with Gasteiger partial charge < -0.3 is 9.64 Å². The molecular weight excluding hydrogens is 399 g/mol. The van der Waals surface area contributed by atoms with Gasteiger partial charge in [-0.3, -0.25) is 9.36 Å². The third-order valence-electron chi connectivity index (χ3n) is 5.57. The van der Waals surface area contributed by atoms with Crippen LogP contribution in [0, 0.1) is 5.82 Å². The summed E-state index contributed by atoms with van der Waals surface area (Å²) >= 11 is 6.08. The highest BCUT2D eigenvalue weighted by molar-refractivity contribution is 6.33. The van der Waals surface area contributed by atoms with Crippen molar-refractivity contribution in [2.24, 2.45) is 0 Å². The van der Waals surface area contributed by atoms with Gasteiger partial charge in [-0.25, -0.2) is 13.9 Å². The summed E-state index contributed by atoms with van der Waals surface area (Å²) < 4.78 is 22.5. The summed E-state index contributed by atoms with van der Waals surface area (Å²) in [6.07, 6.45) is 3.50. The Balaban J connectivity index is 1.60. The zero-order chi connectivity index (χ0) is 20.5. The van der Waals surface area contributed by atoms with Crippen LogP contribution >= 0.6 is 11.6 Å². The summed E-state index contributed by atoms with van der Waals surface area (Å²) in [6.45, 7) is 1.71. The highest BCUT2D eigenvalue weighted by Crippen LogP contribution is 2.37. The third kappa shape index (κ3) is 3.96. The minimum atomic E-state index is -0.622. The lowest BCUT2D eigenvalue weighted by Gasteiger charge is -2.32. The molecule has 4 rings (SSSR count). The number of halogens is 2. The maximum Gasteiger partial charge on any atom is 0.346 e. The molecule has 1 amide bonds. The second-order valence-electron chi connectivity index (χ2n) is 7.64. The smallest absolute Gasteiger partial charge is 0.346 e. The number of hydrogen-bond acceptors (Lipinski definition) is 4. The van der Waals surface area contributed by atoms with E-state index < -0.39 is 11.7 Å². The van der Waals surface area contributed by atoms with Gasteiger partial charge in [-0.2, -0.15) is 5.10 Å². The van der Waals surface area contributed by atoms with E-state index in [9.17, 15) is 14.0 Å². The first-order valence-corrected chi connectivity index (χ1v) is 10.3. The number of piperidine rings is 1. The summed E-state index contributed by atoms with van der Waals surface area (Å²) in [4.78, 5) is 27.4. The minimum Gasteiger partial charge on any atom is -0.383 e. The molecule has 2 heterocycles. The van der Waals surface area contributed by atoms with Gasteiger partial charge in [0.25, 0.3) is 5.91 Å². The number of likely N-dealkylation sites (tertiary alicyclic amines) is 1. The van der Waals surface area contributed by atoms with Crippen molar-refractivity contribution in [3.63, 3.8) is 0 Å². The molecule has 1 saturated carbocycles. The van der Waals surface area contributed by atoms with E-state index in [-0.39, 0.29) is 28.2 Å². The quantitative estimate of drug-likeness (QED) is 0.717. The lowest BCUT2D eigenvalue weighted by molar-refractivity contribution is 0.0698. The van der Waals surface area contributed by atoms with Crippen molar-refractivity contribution >= 4 is 17.5 Å². The van der Waals surface area contributed by atoms with Crippen molar-refractivity contribution in [3.05, 3.63) is 50.9 Å². The number of ether oxygens (including phenoxy) is 1. The first kappa shape index (κ1) is 20.1. The Bertz CT molecular complexity index is 949. The standard InChI is InChI=1S/C20H24ClFN4O3/c1-29-11-10-25-20(28)26(14-7-8-14)18(23-25)13-4-3-9-24(12-13)19(27)17-15(21)5-2-6-16(17)22/h2,5-6,13-14H,3-4,7-12H2,1H3. The number of hydrogen-bond donors (Lipinski definition) is 0. The van der Waals surface area contributed by atoms with Gasteiger partial charge >= 0.3 is 5.69 Å². The molecule has 2 fully saturated rings. The lowest BCUT2D eigenvalue weighted by atomic mass is 9.96. The predicted molar refractivity (Wildman–Crippen MR) is 106 cm³/mol. The molecular formula is C20H24ClFN4O3. The monoisotopic (exact) mass is 422 g/mol. The molecule has 0 radical (unpaired) electrons. The minimum absolute atomic E-state index is 0.0738. The molecule has 0 N–H and O–H groups in total. The Morgan fingerprint density at radius 3 is 2.83 bits per heavy atom. The molecule has 0 spiro atoms. The summed E-state index contributed by atoms with van der Waals surface area (Å²) in [5.41, 5.74) is -0.222. The van der Waals surface area contributed by atoms with Gasteiger partial charge in [0.2, 0.25) is 0 Å². The molecule has 2 aromatic rings. The number of nitrogens with zero attached hydrogens (tertiary/aromatic N) is 4. The van der Waals surface area contributed by atoms with Crippen LogP contribution in [0.25, 0.3) is 0 Å². The summed E-state index contributed by atoms with van der Waals surface area (Å²) in [5, 5.41) is 4.69. The number of benzene rings is 1. The molecule has 1 aliphatic heterocycles. The molecule has 1 saturated heterocycles. The highest BCUT2D eigenvalue weighted by Gasteiger charge is 2.36. The lowest BCUT2D eigenvalue weighted by Crippen LogP contribution is -2.40. The number of amides is 1. The van der Waals surface area contributed by atoms with Gasteiger partial charge in [-0.05, 0) is 37.8 Å². The first-order chi connectivity index (χ1) is 14.0. The largest absolute Gasteiger partial charge is 0.383 e. The summed E-state index contributed by atoms with van der Waals surface area (Å²) in [5.74, 6) is -0.402. The number of rotatable bonds is 6. The van der Waals surface area contributed by atoms with Crippen molar-refractivity contribution in [2.75, 3.05) is 26.8 Å². The Morgan fingerprint density at radius 1 is 1.34 bits per heavy atom. The Hall–Kier alpha value is -2.19. The fraction of sp³-hybridized carbons (Fsp3) is 0.550. The van der Waals surface area contributed by atoms with E-state index in [0.717, 1.165) is 25.7 Å². The van der Waals surface area contributed by atoms with Gasteiger partial charge in [0, 0.05) is 32.2 Å². The van der Waals surface area contributed by atoms with Crippen molar-refractivity contribution < 1.29 is 13.9 Å². The molecule has 1 atom stereocenters. The highest BCUT2D eigenvalue weighted by atomic mass is 35.5. The van der Waals surface area contributed by atoms with Gasteiger partial charge in [0.15, 0.2) is 0 Å². The van der Waals surface area contributed by atoms with Gasteiger partial charge in [-0.15, -0.1) is 0 Å². The molecule has 1 unspecified atom stereocenters. The van der Waals surface area contributed by atoms with Crippen LogP contribution < -0.4 is 5.69 Å². The van der Waals surface area contributed by atoms with Gasteiger partial charge in [0.05, 0.1) is 23.7 Å². The van der Waals surface area contributed by atoms with E-state index in [2.05, 4.69) is 5.10 Å². The van der Waals surface area contributed by atoms with Crippen molar-refractivity contribution in [1.82, 2.24) is 19.2 Å².